The van der Waals surface area contributed by atoms with Crippen LogP contribution in [-0.4, -0.2) is 65.7 Å². The van der Waals surface area contributed by atoms with Crippen LogP contribution in [0.2, 0.25) is 0 Å². The zero-order valence-electron chi connectivity index (χ0n) is 15.5. The summed E-state index contributed by atoms with van der Waals surface area (Å²) in [6.45, 7) is 1.57. The van der Waals surface area contributed by atoms with Crippen LogP contribution in [0.3, 0.4) is 0 Å². The second-order valence-electron chi connectivity index (χ2n) is 8.29. The summed E-state index contributed by atoms with van der Waals surface area (Å²) in [5, 5.41) is 12.2. The number of aliphatic carboxylic acids is 1. The molecule has 142 valence electrons. The minimum absolute atomic E-state index is 0.0709. The molecule has 2 amide bonds. The maximum absolute atomic E-state index is 12.7. The Kier molecular flexibility index (Phi) is 6.20. The van der Waals surface area contributed by atoms with Gasteiger partial charge in [0, 0.05) is 25.2 Å². The van der Waals surface area contributed by atoms with Gasteiger partial charge in [-0.3, -0.25) is 9.69 Å². The first-order valence-electron chi connectivity index (χ1n) is 10.0. The molecule has 0 spiro atoms. The quantitative estimate of drug-likeness (QED) is 0.816. The number of hydrogen-bond donors (Lipinski definition) is 2. The van der Waals surface area contributed by atoms with Crippen molar-refractivity contribution in [1.82, 2.24) is 15.1 Å². The van der Waals surface area contributed by atoms with Crippen LogP contribution in [0.1, 0.15) is 57.8 Å². The summed E-state index contributed by atoms with van der Waals surface area (Å²) in [4.78, 5) is 27.4. The molecule has 0 radical (unpaired) electrons. The number of likely N-dealkylation sites (N-methyl/N-ethyl adjacent to an activating group) is 1. The largest absolute Gasteiger partial charge is 0.480 e. The number of nitrogens with zero attached hydrogens (tertiary/aromatic N) is 2. The third-order valence-corrected chi connectivity index (χ3v) is 6.61. The van der Waals surface area contributed by atoms with Crippen LogP contribution in [0.4, 0.5) is 4.79 Å². The minimum atomic E-state index is -0.788. The number of carbonyl (C=O) groups excluding carboxylic acids is 1. The molecule has 3 rings (SSSR count). The Morgan fingerprint density at radius 2 is 1.84 bits per heavy atom. The topological polar surface area (TPSA) is 72.9 Å². The van der Waals surface area contributed by atoms with Crippen molar-refractivity contribution >= 4 is 12.0 Å². The molecule has 2 aliphatic carbocycles. The van der Waals surface area contributed by atoms with Crippen molar-refractivity contribution in [3.63, 3.8) is 0 Å². The molecule has 0 bridgehead atoms. The first kappa shape index (κ1) is 18.5. The van der Waals surface area contributed by atoms with Gasteiger partial charge < -0.3 is 15.3 Å². The smallest absolute Gasteiger partial charge is 0.317 e. The zero-order chi connectivity index (χ0) is 17.8. The molecule has 1 aliphatic heterocycles. The normalized spacial score (nSPS) is 33.0. The fourth-order valence-electron chi connectivity index (χ4n) is 5.16. The van der Waals surface area contributed by atoms with Crippen molar-refractivity contribution in [3.8, 4) is 0 Å². The first-order chi connectivity index (χ1) is 12.0. The monoisotopic (exact) mass is 351 g/mol. The molecule has 3 aliphatic rings. The Morgan fingerprint density at radius 3 is 2.64 bits per heavy atom. The van der Waals surface area contributed by atoms with E-state index in [1.165, 1.54) is 25.7 Å². The van der Waals surface area contributed by atoms with Gasteiger partial charge in [-0.25, -0.2) is 4.79 Å². The van der Waals surface area contributed by atoms with E-state index in [1.807, 2.05) is 16.8 Å². The number of likely N-dealkylation sites (tertiary alicyclic amines) is 1. The number of fused-ring (bicyclic) bond motifs is 1. The maximum Gasteiger partial charge on any atom is 0.317 e. The highest BCUT2D eigenvalue weighted by atomic mass is 16.4. The Labute approximate surface area is 150 Å². The molecule has 4 unspecified atom stereocenters. The molecule has 2 N–H and O–H groups in total. The standard InChI is InChI=1S/C19H33N3O3/c1-21(13-18(23)24)17-6-3-10-22(11-9-17)19(25)20-16-8-7-14-4-2-5-15(14)12-16/h14-17H,2-13H2,1H3,(H,20,25)(H,23,24). The second kappa shape index (κ2) is 8.39. The number of hydrogen-bond acceptors (Lipinski definition) is 3. The van der Waals surface area contributed by atoms with Crippen LogP contribution in [0.5, 0.6) is 0 Å². The molecule has 3 fully saturated rings. The zero-order valence-corrected chi connectivity index (χ0v) is 15.5. The molecule has 1 saturated heterocycles. The summed E-state index contributed by atoms with van der Waals surface area (Å²) in [6.07, 6.45) is 10.4. The highest BCUT2D eigenvalue weighted by Gasteiger charge is 2.35. The van der Waals surface area contributed by atoms with E-state index in [-0.39, 0.29) is 18.6 Å². The highest BCUT2D eigenvalue weighted by Crippen LogP contribution is 2.42. The number of carboxylic acid groups (broad SMARTS) is 1. The van der Waals surface area contributed by atoms with E-state index in [9.17, 15) is 9.59 Å². The van der Waals surface area contributed by atoms with E-state index in [0.717, 1.165) is 57.0 Å². The number of rotatable bonds is 4. The third-order valence-electron chi connectivity index (χ3n) is 6.61. The molecule has 0 aromatic carbocycles. The van der Waals surface area contributed by atoms with Crippen LogP contribution in [0.15, 0.2) is 0 Å². The minimum Gasteiger partial charge on any atom is -0.480 e. The summed E-state index contributed by atoms with van der Waals surface area (Å²) in [5.74, 6) is 0.956. The summed E-state index contributed by atoms with van der Waals surface area (Å²) >= 11 is 0. The molecule has 6 nitrogen and oxygen atoms in total. The number of carboxylic acids is 1. The maximum atomic E-state index is 12.7. The van der Waals surface area contributed by atoms with Crippen molar-refractivity contribution in [2.24, 2.45) is 11.8 Å². The lowest BCUT2D eigenvalue weighted by atomic mass is 9.79. The SMILES string of the molecule is CN(CC(=O)O)C1CCCN(C(=O)NC2CCC3CCCC3C2)CC1. The average molecular weight is 351 g/mol. The molecular formula is C19H33N3O3. The van der Waals surface area contributed by atoms with Crippen LogP contribution < -0.4 is 5.32 Å². The van der Waals surface area contributed by atoms with Crippen molar-refractivity contribution in [2.45, 2.75) is 69.9 Å². The van der Waals surface area contributed by atoms with Gasteiger partial charge in [0.25, 0.3) is 0 Å². The lowest BCUT2D eigenvalue weighted by Crippen LogP contribution is -2.47. The third kappa shape index (κ3) is 4.87. The van der Waals surface area contributed by atoms with Gasteiger partial charge in [0.1, 0.15) is 0 Å². The van der Waals surface area contributed by atoms with Crippen LogP contribution in [-0.2, 0) is 4.79 Å². The van der Waals surface area contributed by atoms with Crippen LogP contribution in [0, 0.1) is 11.8 Å². The Bertz CT molecular complexity index is 485. The molecule has 0 aromatic heterocycles. The molecule has 6 heteroatoms. The molecule has 0 aromatic rings. The lowest BCUT2D eigenvalue weighted by Gasteiger charge is -2.34. The van der Waals surface area contributed by atoms with Crippen molar-refractivity contribution in [2.75, 3.05) is 26.7 Å². The van der Waals surface area contributed by atoms with Gasteiger partial charge in [0.05, 0.1) is 6.54 Å². The lowest BCUT2D eigenvalue weighted by molar-refractivity contribution is -0.138. The van der Waals surface area contributed by atoms with E-state index in [2.05, 4.69) is 5.32 Å². The molecule has 1 heterocycles. The molecular weight excluding hydrogens is 318 g/mol. The highest BCUT2D eigenvalue weighted by molar-refractivity contribution is 5.74. The number of urea groups is 1. The number of amides is 2. The number of carbonyl (C=O) groups is 2. The fraction of sp³-hybridized carbons (Fsp3) is 0.895. The van der Waals surface area contributed by atoms with Gasteiger partial charge in [-0.15, -0.1) is 0 Å². The summed E-state index contributed by atoms with van der Waals surface area (Å²) < 4.78 is 0. The van der Waals surface area contributed by atoms with Crippen LogP contribution >= 0.6 is 0 Å². The van der Waals surface area contributed by atoms with Gasteiger partial charge in [0.15, 0.2) is 0 Å². The second-order valence-corrected chi connectivity index (χ2v) is 8.29. The van der Waals surface area contributed by atoms with Crippen LogP contribution in [0.25, 0.3) is 0 Å². The Hall–Kier alpha value is -1.30. The van der Waals surface area contributed by atoms with E-state index < -0.39 is 5.97 Å². The van der Waals surface area contributed by atoms with E-state index in [1.54, 1.807) is 0 Å². The molecule has 2 saturated carbocycles. The van der Waals surface area contributed by atoms with E-state index >= 15 is 0 Å². The Balaban J connectivity index is 1.45. The van der Waals surface area contributed by atoms with Gasteiger partial charge in [-0.2, -0.15) is 0 Å². The summed E-state index contributed by atoms with van der Waals surface area (Å²) in [5.41, 5.74) is 0. The van der Waals surface area contributed by atoms with Crippen molar-refractivity contribution in [1.29, 1.82) is 0 Å². The van der Waals surface area contributed by atoms with Gasteiger partial charge >= 0.3 is 12.0 Å². The van der Waals surface area contributed by atoms with Gasteiger partial charge in [-0.05, 0) is 57.4 Å². The molecule has 25 heavy (non-hydrogen) atoms. The predicted molar refractivity (Wildman–Crippen MR) is 96.5 cm³/mol. The average Bonchev–Trinajstić information content (AvgIpc) is 2.88. The summed E-state index contributed by atoms with van der Waals surface area (Å²) in [7, 11) is 1.87. The summed E-state index contributed by atoms with van der Waals surface area (Å²) in [6, 6.07) is 0.686. The fourth-order valence-corrected chi connectivity index (χ4v) is 5.16. The van der Waals surface area contributed by atoms with Gasteiger partial charge in [-0.1, -0.05) is 19.3 Å². The van der Waals surface area contributed by atoms with E-state index in [0.29, 0.717) is 6.04 Å². The first-order valence-corrected chi connectivity index (χ1v) is 10.0. The number of nitrogens with one attached hydrogen (secondary N) is 1. The van der Waals surface area contributed by atoms with Crippen molar-refractivity contribution in [3.05, 3.63) is 0 Å². The van der Waals surface area contributed by atoms with Gasteiger partial charge in [0.2, 0.25) is 0 Å². The predicted octanol–water partition coefficient (Wildman–Crippen LogP) is 2.54. The van der Waals surface area contributed by atoms with E-state index in [4.69, 9.17) is 5.11 Å². The molecule has 4 atom stereocenters. The van der Waals surface area contributed by atoms with Crippen molar-refractivity contribution < 1.29 is 14.7 Å². The Morgan fingerprint density at radius 1 is 1.04 bits per heavy atom.